The predicted octanol–water partition coefficient (Wildman–Crippen LogP) is 5.39. The first kappa shape index (κ1) is 24.7. The van der Waals surface area contributed by atoms with Gasteiger partial charge in [-0.3, -0.25) is 4.79 Å². The number of furan rings is 1. The molecule has 0 unspecified atom stereocenters. The van der Waals surface area contributed by atoms with Crippen LogP contribution >= 0.6 is 0 Å². The molecule has 0 fully saturated rings. The van der Waals surface area contributed by atoms with Crippen LogP contribution in [0.1, 0.15) is 17.3 Å². The number of anilines is 1. The van der Waals surface area contributed by atoms with Crippen LogP contribution in [0, 0.1) is 11.6 Å². The first-order valence-electron chi connectivity index (χ1n) is 10.4. The van der Waals surface area contributed by atoms with Gasteiger partial charge in [0.25, 0.3) is 0 Å². The third kappa shape index (κ3) is 4.86. The van der Waals surface area contributed by atoms with Crippen LogP contribution in [-0.4, -0.2) is 26.4 Å². The van der Waals surface area contributed by atoms with Crippen LogP contribution in [-0.2, 0) is 10.1 Å². The Kier molecular flexibility index (Phi) is 6.67. The topological polar surface area (TPSA) is 115 Å². The summed E-state index contributed by atoms with van der Waals surface area (Å²) in [5.74, 6) is -3.13. The number of carbonyl (C=O) groups is 1. The molecule has 0 spiro atoms. The van der Waals surface area contributed by atoms with E-state index in [-0.39, 0.29) is 22.5 Å². The standard InChI is InChI=1S/C25H19F2NO7S/c1-14(28-17-7-3-15(26)4-8-17)13-20(29)21-22(30)25(24-19(11-12-34-24)23(21)33-2)36(31,32)35-18-9-5-16(27)6-10-18/h3-13,28,30H,1-2H3/b14-13-. The van der Waals surface area contributed by atoms with Crippen molar-refractivity contribution in [3.63, 3.8) is 0 Å². The summed E-state index contributed by atoms with van der Waals surface area (Å²) < 4.78 is 68.3. The Morgan fingerprint density at radius 3 is 2.25 bits per heavy atom. The molecule has 186 valence electrons. The van der Waals surface area contributed by atoms with Gasteiger partial charge in [0.1, 0.15) is 28.7 Å². The van der Waals surface area contributed by atoms with Crippen molar-refractivity contribution in [1.29, 1.82) is 0 Å². The molecular formula is C25H19F2NO7S. The molecule has 0 bridgehead atoms. The van der Waals surface area contributed by atoms with E-state index in [0.29, 0.717) is 11.4 Å². The van der Waals surface area contributed by atoms with Gasteiger partial charge in [0.05, 0.1) is 18.8 Å². The number of allylic oxidation sites excluding steroid dienone is 2. The van der Waals surface area contributed by atoms with Crippen LogP contribution in [0.15, 0.2) is 81.9 Å². The van der Waals surface area contributed by atoms with Gasteiger partial charge >= 0.3 is 10.1 Å². The van der Waals surface area contributed by atoms with E-state index in [0.717, 1.165) is 36.6 Å². The molecule has 3 aromatic carbocycles. The number of hydrogen-bond acceptors (Lipinski definition) is 8. The maximum Gasteiger partial charge on any atom is 0.346 e. The maximum atomic E-state index is 13.2. The summed E-state index contributed by atoms with van der Waals surface area (Å²) in [6, 6.07) is 10.9. The minimum absolute atomic E-state index is 0.0949. The fourth-order valence-electron chi connectivity index (χ4n) is 3.52. The van der Waals surface area contributed by atoms with Crippen LogP contribution in [0.3, 0.4) is 0 Å². The molecule has 0 aliphatic heterocycles. The first-order chi connectivity index (χ1) is 17.1. The van der Waals surface area contributed by atoms with Crippen molar-refractivity contribution in [2.45, 2.75) is 11.8 Å². The van der Waals surface area contributed by atoms with Gasteiger partial charge in [-0.15, -0.1) is 0 Å². The van der Waals surface area contributed by atoms with Crippen molar-refractivity contribution >= 4 is 32.6 Å². The zero-order chi connectivity index (χ0) is 26.0. The van der Waals surface area contributed by atoms with Crippen molar-refractivity contribution < 1.29 is 40.4 Å². The van der Waals surface area contributed by atoms with Crippen molar-refractivity contribution in [1.82, 2.24) is 0 Å². The minimum atomic E-state index is -4.76. The second-order valence-corrected chi connectivity index (χ2v) is 9.05. The van der Waals surface area contributed by atoms with E-state index in [4.69, 9.17) is 13.3 Å². The molecule has 11 heteroatoms. The molecule has 8 nitrogen and oxygen atoms in total. The van der Waals surface area contributed by atoms with Crippen molar-refractivity contribution in [2.75, 3.05) is 12.4 Å². The number of fused-ring (bicyclic) bond motifs is 1. The molecule has 0 aliphatic rings. The number of nitrogens with one attached hydrogen (secondary N) is 1. The van der Waals surface area contributed by atoms with Crippen LogP contribution in [0.25, 0.3) is 11.0 Å². The van der Waals surface area contributed by atoms with Gasteiger partial charge < -0.3 is 23.8 Å². The second-order valence-electron chi connectivity index (χ2n) is 7.56. The fraction of sp³-hybridized carbons (Fsp3) is 0.0800. The zero-order valence-corrected chi connectivity index (χ0v) is 19.7. The highest BCUT2D eigenvalue weighted by atomic mass is 32.2. The van der Waals surface area contributed by atoms with Gasteiger partial charge in [-0.2, -0.15) is 8.42 Å². The molecule has 0 amide bonds. The summed E-state index contributed by atoms with van der Waals surface area (Å²) >= 11 is 0. The Labute approximate surface area is 204 Å². The average Bonchev–Trinajstić information content (AvgIpc) is 3.29. The average molecular weight is 515 g/mol. The molecule has 4 aromatic rings. The number of phenolic OH excluding ortho intramolecular Hbond substituents is 1. The lowest BCUT2D eigenvalue weighted by Gasteiger charge is -2.15. The van der Waals surface area contributed by atoms with E-state index in [2.05, 4.69) is 5.32 Å². The van der Waals surface area contributed by atoms with Gasteiger partial charge in [-0.25, -0.2) is 8.78 Å². The molecule has 1 heterocycles. The molecule has 36 heavy (non-hydrogen) atoms. The molecule has 4 rings (SSSR count). The number of hydrogen-bond donors (Lipinski definition) is 2. The number of halogens is 2. The lowest BCUT2D eigenvalue weighted by molar-refractivity contribution is 0.104. The van der Waals surface area contributed by atoms with Crippen LogP contribution in [0.4, 0.5) is 14.5 Å². The monoisotopic (exact) mass is 515 g/mol. The SMILES string of the molecule is COc1c(C(=O)/C=C(/C)Nc2ccc(F)cc2)c(O)c(S(=O)(=O)Oc2ccc(F)cc2)c2occc12. The maximum absolute atomic E-state index is 13.2. The summed E-state index contributed by atoms with van der Waals surface area (Å²) in [6.07, 6.45) is 2.28. The van der Waals surface area contributed by atoms with Crippen molar-refractivity contribution in [3.05, 3.63) is 89.8 Å². The number of rotatable bonds is 8. The van der Waals surface area contributed by atoms with Gasteiger partial charge in [-0.05, 0) is 61.5 Å². The summed E-state index contributed by atoms with van der Waals surface area (Å²) in [5, 5.41) is 14.0. The van der Waals surface area contributed by atoms with Crippen LogP contribution in [0.5, 0.6) is 17.2 Å². The van der Waals surface area contributed by atoms with Gasteiger partial charge in [0.2, 0.25) is 0 Å². The minimum Gasteiger partial charge on any atom is -0.505 e. The number of ketones is 1. The Morgan fingerprint density at radius 1 is 1.03 bits per heavy atom. The van der Waals surface area contributed by atoms with Gasteiger partial charge in [0, 0.05) is 17.5 Å². The van der Waals surface area contributed by atoms with Crippen molar-refractivity contribution in [2.24, 2.45) is 0 Å². The zero-order valence-electron chi connectivity index (χ0n) is 18.9. The van der Waals surface area contributed by atoms with Gasteiger partial charge in [-0.1, -0.05) is 0 Å². The lowest BCUT2D eigenvalue weighted by Crippen LogP contribution is -2.13. The molecule has 0 radical (unpaired) electrons. The van der Waals surface area contributed by atoms with E-state index in [1.165, 1.54) is 37.4 Å². The Morgan fingerprint density at radius 2 is 1.64 bits per heavy atom. The number of aromatic hydroxyl groups is 1. The number of phenols is 1. The largest absolute Gasteiger partial charge is 0.505 e. The number of methoxy groups -OCH3 is 1. The highest BCUT2D eigenvalue weighted by Crippen LogP contribution is 2.44. The third-order valence-corrected chi connectivity index (χ3v) is 6.34. The number of benzene rings is 3. The van der Waals surface area contributed by atoms with Crippen LogP contribution in [0.2, 0.25) is 0 Å². The smallest absolute Gasteiger partial charge is 0.346 e. The lowest BCUT2D eigenvalue weighted by atomic mass is 10.0. The fourth-order valence-corrected chi connectivity index (χ4v) is 4.70. The highest BCUT2D eigenvalue weighted by Gasteiger charge is 2.34. The summed E-state index contributed by atoms with van der Waals surface area (Å²) in [5.41, 5.74) is 0.0591. The summed E-state index contributed by atoms with van der Waals surface area (Å²) in [6.45, 7) is 1.55. The Balaban J connectivity index is 1.80. The number of carbonyl (C=O) groups excluding carboxylic acids is 1. The summed E-state index contributed by atoms with van der Waals surface area (Å²) in [7, 11) is -3.52. The summed E-state index contributed by atoms with van der Waals surface area (Å²) in [4.78, 5) is 12.4. The quantitative estimate of drug-likeness (QED) is 0.182. The van der Waals surface area contributed by atoms with Gasteiger partial charge in [0.15, 0.2) is 22.0 Å². The van der Waals surface area contributed by atoms with E-state index in [9.17, 15) is 27.1 Å². The van der Waals surface area contributed by atoms with Crippen LogP contribution < -0.4 is 14.2 Å². The molecule has 1 aromatic heterocycles. The predicted molar refractivity (Wildman–Crippen MR) is 127 cm³/mol. The molecule has 0 saturated heterocycles. The third-order valence-electron chi connectivity index (χ3n) is 5.05. The normalized spacial score (nSPS) is 11.9. The molecular weight excluding hydrogens is 496 g/mol. The Hall–Kier alpha value is -4.38. The molecule has 0 aliphatic carbocycles. The van der Waals surface area contributed by atoms with E-state index < -0.39 is 43.7 Å². The molecule has 0 atom stereocenters. The molecule has 0 saturated carbocycles. The second kappa shape index (κ2) is 9.70. The first-order valence-corrected chi connectivity index (χ1v) is 11.8. The van der Waals surface area contributed by atoms with E-state index >= 15 is 0 Å². The number of ether oxygens (including phenoxy) is 1. The van der Waals surface area contributed by atoms with E-state index in [1.807, 2.05) is 0 Å². The Bertz CT molecular complexity index is 1580. The highest BCUT2D eigenvalue weighted by molar-refractivity contribution is 7.87. The van der Waals surface area contributed by atoms with E-state index in [1.54, 1.807) is 6.92 Å². The van der Waals surface area contributed by atoms with Crippen molar-refractivity contribution in [3.8, 4) is 17.2 Å². The molecule has 2 N–H and O–H groups in total.